The molecule has 11 heteroatoms. The first-order chi connectivity index (χ1) is 21.5. The van der Waals surface area contributed by atoms with E-state index < -0.39 is 40.2 Å². The Kier molecular flexibility index (Phi) is 11.2. The van der Waals surface area contributed by atoms with Gasteiger partial charge in [0.05, 0.1) is 22.7 Å². The largest absolute Gasteiger partial charge is 0.495 e. The lowest BCUT2D eigenvalue weighted by Gasteiger charge is -2.34. The maximum Gasteiger partial charge on any atom is 0.264 e. The Morgan fingerprint density at radius 2 is 1.53 bits per heavy atom. The number of sulfonamides is 1. The molecule has 4 aromatic rings. The van der Waals surface area contributed by atoms with Crippen LogP contribution in [0.4, 0.5) is 10.1 Å². The molecule has 2 amide bonds. The minimum absolute atomic E-state index is 0.0521. The molecule has 4 rings (SSSR count). The summed E-state index contributed by atoms with van der Waals surface area (Å²) >= 11 is 6.39. The van der Waals surface area contributed by atoms with Gasteiger partial charge in [0.1, 0.15) is 24.2 Å². The molecule has 0 saturated heterocycles. The second-order valence-electron chi connectivity index (χ2n) is 10.6. The summed E-state index contributed by atoms with van der Waals surface area (Å²) in [5.41, 5.74) is 1.05. The third-order valence-corrected chi connectivity index (χ3v) is 9.12. The summed E-state index contributed by atoms with van der Waals surface area (Å²) in [5, 5.41) is 3.01. The van der Waals surface area contributed by atoms with Gasteiger partial charge in [-0.2, -0.15) is 0 Å². The number of methoxy groups -OCH3 is 1. The van der Waals surface area contributed by atoms with E-state index in [0.29, 0.717) is 5.75 Å². The summed E-state index contributed by atoms with van der Waals surface area (Å²) in [4.78, 5) is 29.3. The predicted molar refractivity (Wildman–Crippen MR) is 173 cm³/mol. The fourth-order valence-electron chi connectivity index (χ4n) is 4.80. The Morgan fingerprint density at radius 1 is 0.911 bits per heavy atom. The quantitative estimate of drug-likeness (QED) is 0.196. The first-order valence-corrected chi connectivity index (χ1v) is 16.1. The SMILES string of the molecule is COc1ccc(N(CC(=O)N(Cc2ccccc2F)C(Cc2ccccc2)C(=O)NC(C)C)S(=O)(=O)c2ccccc2)cc1Cl. The summed E-state index contributed by atoms with van der Waals surface area (Å²) in [6, 6.07) is 25.8. The number of hydrogen-bond donors (Lipinski definition) is 1. The topological polar surface area (TPSA) is 96.0 Å². The standard InChI is InChI=1S/C34H35ClFN3O5S/c1-24(2)37-34(41)31(20-25-12-6-4-7-13-25)38(22-26-14-10-11-17-30(26)36)33(40)23-39(27-18-19-32(44-3)29(35)21-27)45(42,43)28-15-8-5-9-16-28/h4-19,21,24,31H,20,22-23H2,1-3H3,(H,37,41). The van der Waals surface area contributed by atoms with Crippen LogP contribution in [-0.2, 0) is 32.6 Å². The van der Waals surface area contributed by atoms with E-state index in [-0.39, 0.29) is 40.2 Å². The van der Waals surface area contributed by atoms with E-state index >= 15 is 0 Å². The summed E-state index contributed by atoms with van der Waals surface area (Å²) < 4.78 is 49.3. The number of rotatable bonds is 13. The lowest BCUT2D eigenvalue weighted by atomic mass is 10.0. The Morgan fingerprint density at radius 3 is 2.13 bits per heavy atom. The number of halogens is 2. The molecule has 0 aliphatic rings. The second kappa shape index (κ2) is 15.0. The maximum atomic E-state index is 15.0. The van der Waals surface area contributed by atoms with Crippen LogP contribution in [0.5, 0.6) is 5.75 Å². The maximum absolute atomic E-state index is 15.0. The Balaban J connectivity index is 1.83. The lowest BCUT2D eigenvalue weighted by molar-refractivity contribution is -0.140. The summed E-state index contributed by atoms with van der Waals surface area (Å²) in [5.74, 6) is -1.42. The number of ether oxygens (including phenoxy) is 1. The number of carbonyl (C=O) groups is 2. The van der Waals surface area contributed by atoms with Crippen molar-refractivity contribution in [1.82, 2.24) is 10.2 Å². The van der Waals surface area contributed by atoms with Crippen molar-refractivity contribution in [2.45, 2.75) is 43.8 Å². The van der Waals surface area contributed by atoms with Crippen LogP contribution in [0.1, 0.15) is 25.0 Å². The van der Waals surface area contributed by atoms with Gasteiger partial charge in [0.25, 0.3) is 10.0 Å². The van der Waals surface area contributed by atoms with Gasteiger partial charge < -0.3 is 15.0 Å². The van der Waals surface area contributed by atoms with Gasteiger partial charge in [0.2, 0.25) is 11.8 Å². The molecule has 1 unspecified atom stereocenters. The summed E-state index contributed by atoms with van der Waals surface area (Å²) in [7, 11) is -2.88. The molecule has 0 bridgehead atoms. The first-order valence-electron chi connectivity index (χ1n) is 14.3. The van der Waals surface area contributed by atoms with Crippen molar-refractivity contribution < 1.29 is 27.1 Å². The Hall–Kier alpha value is -4.41. The zero-order valence-electron chi connectivity index (χ0n) is 25.2. The van der Waals surface area contributed by atoms with E-state index in [1.54, 1.807) is 38.1 Å². The van der Waals surface area contributed by atoms with Crippen LogP contribution in [0.3, 0.4) is 0 Å². The average molecular weight is 652 g/mol. The highest BCUT2D eigenvalue weighted by atomic mass is 35.5. The van der Waals surface area contributed by atoms with Crippen LogP contribution in [0, 0.1) is 5.82 Å². The van der Waals surface area contributed by atoms with Crippen LogP contribution in [0.25, 0.3) is 0 Å². The zero-order valence-corrected chi connectivity index (χ0v) is 26.8. The predicted octanol–water partition coefficient (Wildman–Crippen LogP) is 5.85. The smallest absolute Gasteiger partial charge is 0.264 e. The van der Waals surface area contributed by atoms with E-state index in [9.17, 15) is 22.4 Å². The van der Waals surface area contributed by atoms with Crippen LogP contribution in [0.2, 0.25) is 5.02 Å². The van der Waals surface area contributed by atoms with Crippen LogP contribution in [0.15, 0.2) is 108 Å². The van der Waals surface area contributed by atoms with Gasteiger partial charge in [-0.1, -0.05) is 78.3 Å². The van der Waals surface area contributed by atoms with Crippen molar-refractivity contribution in [1.29, 1.82) is 0 Å². The molecule has 0 spiro atoms. The molecule has 0 aliphatic heterocycles. The van der Waals surface area contributed by atoms with E-state index in [2.05, 4.69) is 5.32 Å². The molecule has 0 aliphatic carbocycles. The minimum Gasteiger partial charge on any atom is -0.495 e. The van der Waals surface area contributed by atoms with E-state index in [4.69, 9.17) is 16.3 Å². The zero-order chi connectivity index (χ0) is 32.6. The van der Waals surface area contributed by atoms with Gasteiger partial charge in [-0.25, -0.2) is 12.8 Å². The van der Waals surface area contributed by atoms with Crippen LogP contribution >= 0.6 is 11.6 Å². The van der Waals surface area contributed by atoms with Crippen molar-refractivity contribution in [3.05, 3.63) is 125 Å². The molecule has 236 valence electrons. The van der Waals surface area contributed by atoms with Gasteiger partial charge >= 0.3 is 0 Å². The summed E-state index contributed by atoms with van der Waals surface area (Å²) in [6.07, 6.45) is 0.111. The molecule has 1 atom stereocenters. The highest BCUT2D eigenvalue weighted by Crippen LogP contribution is 2.32. The molecule has 0 saturated carbocycles. The van der Waals surface area contributed by atoms with Crippen molar-refractivity contribution >= 4 is 39.1 Å². The van der Waals surface area contributed by atoms with Gasteiger partial charge in [-0.3, -0.25) is 13.9 Å². The van der Waals surface area contributed by atoms with E-state index in [1.165, 1.54) is 60.5 Å². The van der Waals surface area contributed by atoms with Crippen LogP contribution in [-0.4, -0.2) is 50.9 Å². The third kappa shape index (κ3) is 8.40. The molecule has 8 nitrogen and oxygen atoms in total. The van der Waals surface area contributed by atoms with Crippen LogP contribution < -0.4 is 14.4 Å². The first kappa shape index (κ1) is 33.5. The minimum atomic E-state index is -4.31. The molecule has 0 radical (unpaired) electrons. The molecular weight excluding hydrogens is 617 g/mol. The van der Waals surface area contributed by atoms with Gasteiger partial charge in [0, 0.05) is 24.6 Å². The molecule has 0 heterocycles. The van der Waals surface area contributed by atoms with Gasteiger partial charge in [-0.15, -0.1) is 0 Å². The fourth-order valence-corrected chi connectivity index (χ4v) is 6.48. The van der Waals surface area contributed by atoms with Crippen molar-refractivity contribution in [3.8, 4) is 5.75 Å². The second-order valence-corrected chi connectivity index (χ2v) is 12.9. The highest BCUT2D eigenvalue weighted by molar-refractivity contribution is 7.92. The Bertz CT molecular complexity index is 1720. The summed E-state index contributed by atoms with van der Waals surface area (Å²) in [6.45, 7) is 2.61. The number of anilines is 1. The lowest BCUT2D eigenvalue weighted by Crippen LogP contribution is -2.54. The van der Waals surface area contributed by atoms with Gasteiger partial charge in [0.15, 0.2) is 0 Å². The number of benzene rings is 4. The third-order valence-electron chi connectivity index (χ3n) is 7.03. The number of amides is 2. The highest BCUT2D eigenvalue weighted by Gasteiger charge is 2.35. The molecular formula is C34H35ClFN3O5S. The number of carbonyl (C=O) groups excluding carboxylic acids is 2. The number of hydrogen-bond acceptors (Lipinski definition) is 5. The van der Waals surface area contributed by atoms with Crippen molar-refractivity contribution in [3.63, 3.8) is 0 Å². The van der Waals surface area contributed by atoms with E-state index in [0.717, 1.165) is 9.87 Å². The molecule has 1 N–H and O–H groups in total. The monoisotopic (exact) mass is 651 g/mol. The Labute approximate surface area is 268 Å². The number of nitrogens with one attached hydrogen (secondary N) is 1. The van der Waals surface area contributed by atoms with Crippen molar-refractivity contribution in [2.24, 2.45) is 0 Å². The molecule has 45 heavy (non-hydrogen) atoms. The average Bonchev–Trinajstić information content (AvgIpc) is 3.02. The molecule has 4 aromatic carbocycles. The van der Waals surface area contributed by atoms with Crippen molar-refractivity contribution in [2.75, 3.05) is 18.0 Å². The van der Waals surface area contributed by atoms with Gasteiger partial charge in [-0.05, 0) is 55.8 Å². The fraction of sp³-hybridized carbons (Fsp3) is 0.235. The number of nitrogens with zero attached hydrogens (tertiary/aromatic N) is 2. The van der Waals surface area contributed by atoms with E-state index in [1.807, 2.05) is 30.3 Å². The molecule has 0 aromatic heterocycles. The molecule has 0 fully saturated rings. The normalized spacial score (nSPS) is 12.0.